The van der Waals surface area contributed by atoms with Crippen molar-refractivity contribution in [1.82, 2.24) is 15.1 Å². The van der Waals surface area contributed by atoms with Crippen LogP contribution in [0, 0.1) is 0 Å². The summed E-state index contributed by atoms with van der Waals surface area (Å²) in [4.78, 5) is 28.8. The van der Waals surface area contributed by atoms with Gasteiger partial charge in [0.05, 0.1) is 9.21 Å². The Morgan fingerprint density at radius 3 is 2.32 bits per heavy atom. The molecule has 1 aromatic rings. The topological polar surface area (TPSA) is 52.7 Å². The van der Waals surface area contributed by atoms with Gasteiger partial charge >= 0.3 is 6.03 Å². The average Bonchev–Trinajstić information content (AvgIpc) is 3.18. The molecule has 1 aromatic heterocycles. The zero-order valence-corrected chi connectivity index (χ0v) is 14.0. The number of hydrogen-bond acceptors (Lipinski definition) is 3. The Hall–Kier alpha value is -1.27. The monoisotopic (exact) mass is 341 g/mol. The van der Waals surface area contributed by atoms with Crippen molar-refractivity contribution < 1.29 is 9.59 Å². The first-order chi connectivity index (χ1) is 10.6. The van der Waals surface area contributed by atoms with Crippen molar-refractivity contribution in [2.24, 2.45) is 0 Å². The van der Waals surface area contributed by atoms with Crippen molar-refractivity contribution in [2.75, 3.05) is 26.2 Å². The smallest absolute Gasteiger partial charge is 0.317 e. The van der Waals surface area contributed by atoms with Gasteiger partial charge in [-0.05, 0) is 25.0 Å². The molecule has 2 aliphatic rings. The summed E-state index contributed by atoms with van der Waals surface area (Å²) in [6.07, 6.45) is 4.58. The van der Waals surface area contributed by atoms with Gasteiger partial charge in [0.1, 0.15) is 0 Å². The molecule has 3 amide bonds. The molecule has 1 saturated heterocycles. The number of carbonyl (C=O) groups is 2. The van der Waals surface area contributed by atoms with Gasteiger partial charge in [-0.2, -0.15) is 0 Å². The van der Waals surface area contributed by atoms with Gasteiger partial charge in [0.25, 0.3) is 5.91 Å². The fraction of sp³-hybridized carbons (Fsp3) is 0.600. The van der Waals surface area contributed by atoms with Crippen LogP contribution in [0.15, 0.2) is 12.1 Å². The third kappa shape index (κ3) is 3.55. The highest BCUT2D eigenvalue weighted by Crippen LogP contribution is 2.23. The van der Waals surface area contributed by atoms with Crippen molar-refractivity contribution in [3.05, 3.63) is 21.3 Å². The Kier molecular flexibility index (Phi) is 4.88. The maximum absolute atomic E-state index is 12.3. The molecule has 2 heterocycles. The van der Waals surface area contributed by atoms with Crippen LogP contribution < -0.4 is 5.32 Å². The highest BCUT2D eigenvalue weighted by Gasteiger charge is 2.27. The molecule has 0 atom stereocenters. The van der Waals surface area contributed by atoms with Crippen LogP contribution in [-0.4, -0.2) is 54.0 Å². The largest absolute Gasteiger partial charge is 0.335 e. The third-order valence-corrected chi connectivity index (χ3v) is 5.54. The number of rotatable bonds is 2. The van der Waals surface area contributed by atoms with Crippen LogP contribution in [0.4, 0.5) is 4.79 Å². The summed E-state index contributed by atoms with van der Waals surface area (Å²) >= 11 is 7.17. The second kappa shape index (κ2) is 6.87. The quantitative estimate of drug-likeness (QED) is 0.899. The molecule has 22 heavy (non-hydrogen) atoms. The Labute approximate surface area is 139 Å². The summed E-state index contributed by atoms with van der Waals surface area (Å²) in [6.45, 7) is 2.33. The second-order valence-corrected chi connectivity index (χ2v) is 7.53. The SMILES string of the molecule is O=C(NC1CCCC1)N1CCN(C(=O)c2ccc(Cl)s2)CC1. The molecular formula is C15H20ClN3O2S. The van der Waals surface area contributed by atoms with Crippen molar-refractivity contribution in [3.8, 4) is 0 Å². The highest BCUT2D eigenvalue weighted by atomic mass is 35.5. The Morgan fingerprint density at radius 2 is 1.73 bits per heavy atom. The lowest BCUT2D eigenvalue weighted by molar-refractivity contribution is 0.0668. The molecule has 0 bridgehead atoms. The fourth-order valence-electron chi connectivity index (χ4n) is 3.03. The van der Waals surface area contributed by atoms with Gasteiger partial charge in [0.15, 0.2) is 0 Å². The van der Waals surface area contributed by atoms with Crippen LogP contribution in [0.5, 0.6) is 0 Å². The van der Waals surface area contributed by atoms with Gasteiger partial charge in [-0.15, -0.1) is 11.3 Å². The Bertz CT molecular complexity index is 549. The second-order valence-electron chi connectivity index (χ2n) is 5.81. The molecule has 1 saturated carbocycles. The van der Waals surface area contributed by atoms with E-state index in [4.69, 9.17) is 11.6 Å². The van der Waals surface area contributed by atoms with Crippen LogP contribution in [-0.2, 0) is 0 Å². The summed E-state index contributed by atoms with van der Waals surface area (Å²) in [7, 11) is 0. The number of thiophene rings is 1. The summed E-state index contributed by atoms with van der Waals surface area (Å²) in [5.41, 5.74) is 0. The van der Waals surface area contributed by atoms with Gasteiger partial charge in [0, 0.05) is 32.2 Å². The predicted molar refractivity (Wildman–Crippen MR) is 87.6 cm³/mol. The lowest BCUT2D eigenvalue weighted by atomic mass is 10.2. The summed E-state index contributed by atoms with van der Waals surface area (Å²) in [5.74, 6) is 0.00718. The van der Waals surface area contributed by atoms with Gasteiger partial charge in [0.2, 0.25) is 0 Å². The number of amides is 3. The Morgan fingerprint density at radius 1 is 1.09 bits per heavy atom. The number of hydrogen-bond donors (Lipinski definition) is 1. The van der Waals surface area contributed by atoms with Crippen LogP contribution in [0.25, 0.3) is 0 Å². The molecule has 1 aliphatic carbocycles. The van der Waals surface area contributed by atoms with Crippen LogP contribution in [0.3, 0.4) is 0 Å². The van der Waals surface area contributed by atoms with E-state index in [1.54, 1.807) is 17.0 Å². The molecule has 0 aromatic carbocycles. The molecule has 1 N–H and O–H groups in total. The number of nitrogens with zero attached hydrogens (tertiary/aromatic N) is 2. The summed E-state index contributed by atoms with van der Waals surface area (Å²) < 4.78 is 0.623. The molecule has 5 nitrogen and oxygen atoms in total. The molecular weight excluding hydrogens is 322 g/mol. The van der Waals surface area contributed by atoms with Crippen LogP contribution >= 0.6 is 22.9 Å². The van der Waals surface area contributed by atoms with E-state index in [9.17, 15) is 9.59 Å². The van der Waals surface area contributed by atoms with E-state index >= 15 is 0 Å². The van der Waals surface area contributed by atoms with E-state index < -0.39 is 0 Å². The number of piperazine rings is 1. The van der Waals surface area contributed by atoms with Crippen molar-refractivity contribution in [3.63, 3.8) is 0 Å². The van der Waals surface area contributed by atoms with E-state index in [1.165, 1.54) is 24.2 Å². The maximum atomic E-state index is 12.3. The van der Waals surface area contributed by atoms with Crippen molar-refractivity contribution in [1.29, 1.82) is 0 Å². The molecule has 1 aliphatic heterocycles. The first-order valence-electron chi connectivity index (χ1n) is 7.73. The number of carbonyl (C=O) groups excluding carboxylic acids is 2. The van der Waals surface area contributed by atoms with Gasteiger partial charge in [-0.25, -0.2) is 4.79 Å². The fourth-order valence-corrected chi connectivity index (χ4v) is 4.04. The van der Waals surface area contributed by atoms with E-state index in [0.717, 1.165) is 12.8 Å². The molecule has 2 fully saturated rings. The molecule has 0 radical (unpaired) electrons. The normalized spacial score (nSPS) is 19.5. The predicted octanol–water partition coefficient (Wildman–Crippen LogP) is 2.81. The minimum Gasteiger partial charge on any atom is -0.335 e. The van der Waals surface area contributed by atoms with Crippen molar-refractivity contribution in [2.45, 2.75) is 31.7 Å². The minimum atomic E-state index is 0.00718. The summed E-state index contributed by atoms with van der Waals surface area (Å²) in [6, 6.07) is 3.85. The molecule has 0 unspecified atom stereocenters. The number of halogens is 1. The number of urea groups is 1. The van der Waals surface area contributed by atoms with Crippen LogP contribution in [0.2, 0.25) is 4.34 Å². The zero-order chi connectivity index (χ0) is 15.5. The lowest BCUT2D eigenvalue weighted by Crippen LogP contribution is -2.54. The van der Waals surface area contributed by atoms with Crippen LogP contribution in [0.1, 0.15) is 35.4 Å². The van der Waals surface area contributed by atoms with E-state index in [2.05, 4.69) is 5.32 Å². The van der Waals surface area contributed by atoms with Gasteiger partial charge in [-0.1, -0.05) is 24.4 Å². The van der Waals surface area contributed by atoms with Gasteiger partial charge in [-0.3, -0.25) is 4.79 Å². The van der Waals surface area contributed by atoms with E-state index in [1.807, 2.05) is 4.90 Å². The molecule has 0 spiro atoms. The standard InChI is InChI=1S/C15H20ClN3O2S/c16-13-6-5-12(22-13)14(20)18-7-9-19(10-8-18)15(21)17-11-3-1-2-4-11/h5-6,11H,1-4,7-10H2,(H,17,21). The average molecular weight is 342 g/mol. The van der Waals surface area contributed by atoms with E-state index in [-0.39, 0.29) is 11.9 Å². The highest BCUT2D eigenvalue weighted by molar-refractivity contribution is 7.17. The first-order valence-corrected chi connectivity index (χ1v) is 8.93. The minimum absolute atomic E-state index is 0.00718. The van der Waals surface area contributed by atoms with Crippen molar-refractivity contribution >= 4 is 34.9 Å². The number of nitrogens with one attached hydrogen (secondary N) is 1. The molecule has 3 rings (SSSR count). The van der Waals surface area contributed by atoms with E-state index in [0.29, 0.717) is 41.4 Å². The Balaban J connectivity index is 1.49. The lowest BCUT2D eigenvalue weighted by Gasteiger charge is -2.35. The zero-order valence-electron chi connectivity index (χ0n) is 12.4. The van der Waals surface area contributed by atoms with Gasteiger partial charge < -0.3 is 15.1 Å². The third-order valence-electron chi connectivity index (χ3n) is 4.32. The maximum Gasteiger partial charge on any atom is 0.317 e. The molecule has 120 valence electrons. The summed E-state index contributed by atoms with van der Waals surface area (Å²) in [5, 5.41) is 3.10. The molecule has 7 heteroatoms. The first kappa shape index (κ1) is 15.6.